The Morgan fingerprint density at radius 1 is 1.04 bits per heavy atom. The van der Waals surface area contributed by atoms with Crippen LogP contribution in [0.15, 0.2) is 18.2 Å². The Bertz CT molecular complexity index is 608. The molecular weight excluding hydrogens is 324 g/mol. The third-order valence-corrected chi connectivity index (χ3v) is 3.27. The average molecular weight is 352 g/mol. The van der Waals surface area contributed by atoms with E-state index in [2.05, 4.69) is 10.6 Å². The molecule has 1 rings (SSSR count). The Morgan fingerprint density at radius 2 is 1.64 bits per heavy atom. The van der Waals surface area contributed by atoms with Crippen LogP contribution < -0.4 is 20.1 Å². The zero-order valence-corrected chi connectivity index (χ0v) is 15.9. The highest BCUT2D eigenvalue weighted by atomic mass is 16.6. The van der Waals surface area contributed by atoms with Crippen molar-refractivity contribution in [1.82, 2.24) is 5.32 Å². The van der Waals surface area contributed by atoms with Crippen molar-refractivity contribution in [2.45, 2.75) is 46.3 Å². The number of methoxy groups -OCH3 is 2. The maximum absolute atomic E-state index is 12.6. The third kappa shape index (κ3) is 6.52. The molecule has 0 bridgehead atoms. The quantitative estimate of drug-likeness (QED) is 0.821. The molecule has 0 aliphatic rings. The van der Waals surface area contributed by atoms with Crippen molar-refractivity contribution in [3.05, 3.63) is 18.2 Å². The molecular formula is C18H28N2O5. The number of anilines is 1. The van der Waals surface area contributed by atoms with Gasteiger partial charge in [-0.2, -0.15) is 0 Å². The molecule has 2 amide bonds. The van der Waals surface area contributed by atoms with E-state index in [1.54, 1.807) is 39.0 Å². The van der Waals surface area contributed by atoms with Crippen LogP contribution in [0.2, 0.25) is 0 Å². The average Bonchev–Trinajstić information content (AvgIpc) is 2.50. The van der Waals surface area contributed by atoms with Gasteiger partial charge < -0.3 is 24.8 Å². The van der Waals surface area contributed by atoms with Gasteiger partial charge in [0.15, 0.2) is 11.5 Å². The molecule has 25 heavy (non-hydrogen) atoms. The number of carbonyl (C=O) groups excluding carboxylic acids is 2. The van der Waals surface area contributed by atoms with E-state index < -0.39 is 17.7 Å². The van der Waals surface area contributed by atoms with Gasteiger partial charge in [0.25, 0.3) is 0 Å². The lowest BCUT2D eigenvalue weighted by atomic mass is 10.0. The fraction of sp³-hybridized carbons (Fsp3) is 0.556. The van der Waals surface area contributed by atoms with Crippen molar-refractivity contribution in [1.29, 1.82) is 0 Å². The number of amides is 2. The first-order valence-corrected chi connectivity index (χ1v) is 8.09. The third-order valence-electron chi connectivity index (χ3n) is 3.27. The predicted octanol–water partition coefficient (Wildman–Crippen LogP) is 3.19. The Hall–Kier alpha value is -2.44. The second-order valence-corrected chi connectivity index (χ2v) is 6.93. The molecule has 0 saturated heterocycles. The van der Waals surface area contributed by atoms with Crippen LogP contribution in [0, 0.1) is 5.92 Å². The second kappa shape index (κ2) is 8.60. The molecule has 140 valence electrons. The van der Waals surface area contributed by atoms with E-state index in [-0.39, 0.29) is 11.8 Å². The molecule has 0 aromatic heterocycles. The van der Waals surface area contributed by atoms with Gasteiger partial charge in [-0.1, -0.05) is 13.8 Å². The molecule has 2 N–H and O–H groups in total. The van der Waals surface area contributed by atoms with Gasteiger partial charge >= 0.3 is 6.09 Å². The second-order valence-electron chi connectivity index (χ2n) is 6.93. The summed E-state index contributed by atoms with van der Waals surface area (Å²) in [5, 5.41) is 5.39. The number of hydrogen-bond acceptors (Lipinski definition) is 5. The molecule has 7 heteroatoms. The van der Waals surface area contributed by atoms with Crippen molar-refractivity contribution in [2.75, 3.05) is 19.5 Å². The smallest absolute Gasteiger partial charge is 0.408 e. The molecule has 0 saturated carbocycles. The van der Waals surface area contributed by atoms with E-state index in [0.29, 0.717) is 17.2 Å². The number of benzene rings is 1. The van der Waals surface area contributed by atoms with E-state index in [4.69, 9.17) is 14.2 Å². The lowest BCUT2D eigenvalue weighted by Crippen LogP contribution is -2.48. The molecule has 1 aromatic carbocycles. The Morgan fingerprint density at radius 3 is 2.12 bits per heavy atom. The first-order valence-electron chi connectivity index (χ1n) is 8.09. The summed E-state index contributed by atoms with van der Waals surface area (Å²) in [5.41, 5.74) is -0.0925. The van der Waals surface area contributed by atoms with Crippen LogP contribution in [0.25, 0.3) is 0 Å². The molecule has 1 aromatic rings. The normalized spacial score (nSPS) is 12.3. The maximum Gasteiger partial charge on any atom is 0.408 e. The van der Waals surface area contributed by atoms with Gasteiger partial charge in [-0.25, -0.2) is 4.79 Å². The standard InChI is InChI=1S/C18H28N2O5/c1-11(2)15(20-17(22)25-18(3,4)5)16(21)19-12-8-9-13(23-6)14(10-12)24-7/h8-11,15H,1-7H3,(H,19,21)(H,20,22). The molecule has 0 heterocycles. The lowest BCUT2D eigenvalue weighted by molar-refractivity contribution is -0.119. The Labute approximate surface area is 149 Å². The molecule has 0 aliphatic carbocycles. The van der Waals surface area contributed by atoms with Crippen molar-refractivity contribution >= 4 is 17.7 Å². The molecule has 7 nitrogen and oxygen atoms in total. The van der Waals surface area contributed by atoms with Crippen molar-refractivity contribution in [3.8, 4) is 11.5 Å². The SMILES string of the molecule is COc1ccc(NC(=O)C(NC(=O)OC(C)(C)C)C(C)C)cc1OC. The number of hydrogen-bond donors (Lipinski definition) is 2. The zero-order valence-electron chi connectivity index (χ0n) is 15.9. The van der Waals surface area contributed by atoms with Gasteiger partial charge in [-0.15, -0.1) is 0 Å². The van der Waals surface area contributed by atoms with Gasteiger partial charge in [0.2, 0.25) is 5.91 Å². The number of alkyl carbamates (subject to hydrolysis) is 1. The van der Waals surface area contributed by atoms with Crippen LogP contribution in [0.5, 0.6) is 11.5 Å². The largest absolute Gasteiger partial charge is 0.493 e. The highest BCUT2D eigenvalue weighted by Gasteiger charge is 2.27. The van der Waals surface area contributed by atoms with Crippen LogP contribution >= 0.6 is 0 Å². The van der Waals surface area contributed by atoms with Gasteiger partial charge in [-0.05, 0) is 38.8 Å². The maximum atomic E-state index is 12.6. The minimum absolute atomic E-state index is 0.118. The molecule has 0 radical (unpaired) electrons. The summed E-state index contributed by atoms with van der Waals surface area (Å²) >= 11 is 0. The predicted molar refractivity (Wildman–Crippen MR) is 96.2 cm³/mol. The first kappa shape index (κ1) is 20.6. The van der Waals surface area contributed by atoms with Crippen LogP contribution in [-0.4, -0.2) is 37.9 Å². The zero-order chi connectivity index (χ0) is 19.2. The number of ether oxygens (including phenoxy) is 3. The Balaban J connectivity index is 2.85. The molecule has 0 aliphatic heterocycles. The molecule has 0 spiro atoms. The summed E-state index contributed by atoms with van der Waals surface area (Å²) in [6, 6.07) is 4.31. The fourth-order valence-electron chi connectivity index (χ4n) is 2.10. The summed E-state index contributed by atoms with van der Waals surface area (Å²) in [5.74, 6) is 0.607. The van der Waals surface area contributed by atoms with Crippen LogP contribution in [0.1, 0.15) is 34.6 Å². The molecule has 0 fully saturated rings. The number of nitrogens with one attached hydrogen (secondary N) is 2. The van der Waals surface area contributed by atoms with Gasteiger partial charge in [0, 0.05) is 11.8 Å². The van der Waals surface area contributed by atoms with Crippen LogP contribution in [0.3, 0.4) is 0 Å². The summed E-state index contributed by atoms with van der Waals surface area (Å²) in [7, 11) is 3.06. The summed E-state index contributed by atoms with van der Waals surface area (Å²) < 4.78 is 15.6. The summed E-state index contributed by atoms with van der Waals surface area (Å²) in [4.78, 5) is 24.5. The lowest BCUT2D eigenvalue weighted by Gasteiger charge is -2.25. The van der Waals surface area contributed by atoms with Crippen molar-refractivity contribution in [2.24, 2.45) is 5.92 Å². The van der Waals surface area contributed by atoms with Gasteiger partial charge in [-0.3, -0.25) is 4.79 Å². The Kier molecular flexibility index (Phi) is 7.09. The van der Waals surface area contributed by atoms with E-state index in [1.165, 1.54) is 14.2 Å². The molecule has 1 unspecified atom stereocenters. The summed E-state index contributed by atoms with van der Waals surface area (Å²) in [6.45, 7) is 8.98. The van der Waals surface area contributed by atoms with Crippen molar-refractivity contribution in [3.63, 3.8) is 0 Å². The number of carbonyl (C=O) groups is 2. The van der Waals surface area contributed by atoms with Crippen LogP contribution in [0.4, 0.5) is 10.5 Å². The van der Waals surface area contributed by atoms with Crippen molar-refractivity contribution < 1.29 is 23.8 Å². The highest BCUT2D eigenvalue weighted by Crippen LogP contribution is 2.29. The number of rotatable bonds is 6. The monoisotopic (exact) mass is 352 g/mol. The van der Waals surface area contributed by atoms with Gasteiger partial charge in [0.05, 0.1) is 14.2 Å². The van der Waals surface area contributed by atoms with E-state index in [9.17, 15) is 9.59 Å². The minimum atomic E-state index is -0.733. The van der Waals surface area contributed by atoms with E-state index in [0.717, 1.165) is 0 Å². The fourth-order valence-corrected chi connectivity index (χ4v) is 2.10. The van der Waals surface area contributed by atoms with Crippen LogP contribution in [-0.2, 0) is 9.53 Å². The van der Waals surface area contributed by atoms with E-state index in [1.807, 2.05) is 13.8 Å². The first-order chi connectivity index (χ1) is 11.6. The topological polar surface area (TPSA) is 85.9 Å². The minimum Gasteiger partial charge on any atom is -0.493 e. The summed E-state index contributed by atoms with van der Waals surface area (Å²) in [6.07, 6.45) is -0.631. The van der Waals surface area contributed by atoms with Gasteiger partial charge in [0.1, 0.15) is 11.6 Å². The molecule has 1 atom stereocenters. The van der Waals surface area contributed by atoms with E-state index >= 15 is 0 Å². The highest BCUT2D eigenvalue weighted by molar-refractivity contribution is 5.97.